The molecular weight excluding hydrogens is 242 g/mol. The highest BCUT2D eigenvalue weighted by atomic mass is 16.2. The summed E-state index contributed by atoms with van der Waals surface area (Å²) in [4.78, 5) is 25.3. The van der Waals surface area contributed by atoms with Crippen LogP contribution < -0.4 is 15.5 Å². The molecule has 5 nitrogen and oxygen atoms in total. The van der Waals surface area contributed by atoms with Crippen LogP contribution in [0.3, 0.4) is 0 Å². The fourth-order valence-electron chi connectivity index (χ4n) is 1.86. The molecule has 0 aliphatic carbocycles. The zero-order valence-electron chi connectivity index (χ0n) is 11.6. The molecule has 0 aliphatic rings. The Hall–Kier alpha value is -2.04. The lowest BCUT2D eigenvalue weighted by Crippen LogP contribution is -2.49. The van der Waals surface area contributed by atoms with E-state index < -0.39 is 12.1 Å². The SMILES string of the molecule is CCNC(=O)NC(=O)C(C)N(CC)c1ccccc1. The Bertz CT molecular complexity index is 420. The minimum Gasteiger partial charge on any atom is -0.360 e. The minimum absolute atomic E-state index is 0.309. The molecule has 0 fully saturated rings. The van der Waals surface area contributed by atoms with Crippen molar-refractivity contribution in [1.82, 2.24) is 10.6 Å². The average molecular weight is 263 g/mol. The largest absolute Gasteiger partial charge is 0.360 e. The molecule has 0 heterocycles. The van der Waals surface area contributed by atoms with Crippen molar-refractivity contribution in [3.05, 3.63) is 30.3 Å². The number of likely N-dealkylation sites (N-methyl/N-ethyl adjacent to an activating group) is 1. The molecular formula is C14H21N3O2. The number of para-hydroxylation sites is 1. The molecule has 1 rings (SSSR count). The summed E-state index contributed by atoms with van der Waals surface area (Å²) in [6.45, 7) is 6.74. The first-order chi connectivity index (χ1) is 9.10. The lowest BCUT2D eigenvalue weighted by atomic mass is 10.2. The third kappa shape index (κ3) is 4.28. The Morgan fingerprint density at radius 3 is 2.37 bits per heavy atom. The molecule has 19 heavy (non-hydrogen) atoms. The van der Waals surface area contributed by atoms with Crippen molar-refractivity contribution in [2.45, 2.75) is 26.8 Å². The summed E-state index contributed by atoms with van der Waals surface area (Å²) >= 11 is 0. The second-order valence-electron chi connectivity index (χ2n) is 4.15. The number of nitrogens with one attached hydrogen (secondary N) is 2. The topological polar surface area (TPSA) is 61.4 Å². The first kappa shape index (κ1) is 15.0. The van der Waals surface area contributed by atoms with E-state index in [4.69, 9.17) is 0 Å². The molecule has 0 saturated heterocycles. The number of hydrogen-bond donors (Lipinski definition) is 2. The van der Waals surface area contributed by atoms with Gasteiger partial charge in [-0.15, -0.1) is 0 Å². The van der Waals surface area contributed by atoms with Gasteiger partial charge in [-0.25, -0.2) is 4.79 Å². The minimum atomic E-state index is -0.455. The van der Waals surface area contributed by atoms with Crippen LogP contribution in [0.25, 0.3) is 0 Å². The van der Waals surface area contributed by atoms with Gasteiger partial charge in [0.05, 0.1) is 0 Å². The first-order valence-electron chi connectivity index (χ1n) is 6.50. The maximum atomic E-state index is 12.0. The van der Waals surface area contributed by atoms with Gasteiger partial charge in [0.1, 0.15) is 6.04 Å². The zero-order chi connectivity index (χ0) is 14.3. The van der Waals surface area contributed by atoms with Gasteiger partial charge in [-0.05, 0) is 32.9 Å². The summed E-state index contributed by atoms with van der Waals surface area (Å²) in [7, 11) is 0. The monoisotopic (exact) mass is 263 g/mol. The van der Waals surface area contributed by atoms with Crippen LogP contribution in [-0.2, 0) is 4.79 Å². The van der Waals surface area contributed by atoms with Gasteiger partial charge < -0.3 is 10.2 Å². The van der Waals surface area contributed by atoms with Crippen LogP contribution in [0.4, 0.5) is 10.5 Å². The Kier molecular flexibility index (Phi) is 5.85. The Balaban J connectivity index is 2.71. The predicted octanol–water partition coefficient (Wildman–Crippen LogP) is 1.75. The summed E-state index contributed by atoms with van der Waals surface area (Å²) in [5.74, 6) is -0.309. The molecule has 0 spiro atoms. The fraction of sp³-hybridized carbons (Fsp3) is 0.429. The van der Waals surface area contributed by atoms with Crippen molar-refractivity contribution in [3.8, 4) is 0 Å². The van der Waals surface area contributed by atoms with E-state index in [1.807, 2.05) is 42.2 Å². The molecule has 1 aromatic rings. The molecule has 1 atom stereocenters. The van der Waals surface area contributed by atoms with Crippen LogP contribution in [0.15, 0.2) is 30.3 Å². The second kappa shape index (κ2) is 7.41. The van der Waals surface area contributed by atoms with E-state index in [-0.39, 0.29) is 5.91 Å². The van der Waals surface area contributed by atoms with Crippen LogP contribution in [0, 0.1) is 0 Å². The Labute approximate surface area is 114 Å². The Morgan fingerprint density at radius 2 is 1.84 bits per heavy atom. The molecule has 104 valence electrons. The van der Waals surface area contributed by atoms with Crippen LogP contribution in [0.2, 0.25) is 0 Å². The van der Waals surface area contributed by atoms with Gasteiger partial charge in [0.25, 0.3) is 0 Å². The predicted molar refractivity (Wildman–Crippen MR) is 76.1 cm³/mol. The molecule has 0 saturated carbocycles. The van der Waals surface area contributed by atoms with E-state index in [0.717, 1.165) is 5.69 Å². The van der Waals surface area contributed by atoms with Gasteiger partial charge in [-0.1, -0.05) is 18.2 Å². The van der Waals surface area contributed by atoms with Gasteiger partial charge in [0, 0.05) is 18.8 Å². The average Bonchev–Trinajstić information content (AvgIpc) is 2.40. The quantitative estimate of drug-likeness (QED) is 0.850. The highest BCUT2D eigenvalue weighted by molar-refractivity contribution is 5.98. The van der Waals surface area contributed by atoms with E-state index in [1.54, 1.807) is 13.8 Å². The summed E-state index contributed by atoms with van der Waals surface area (Å²) in [6, 6.07) is 8.80. The van der Waals surface area contributed by atoms with Gasteiger partial charge in [0.15, 0.2) is 0 Å². The van der Waals surface area contributed by atoms with E-state index in [2.05, 4.69) is 10.6 Å². The summed E-state index contributed by atoms with van der Waals surface area (Å²) in [5.41, 5.74) is 0.962. The molecule has 0 aromatic heterocycles. The summed E-state index contributed by atoms with van der Waals surface area (Å²) in [6.07, 6.45) is 0. The highest BCUT2D eigenvalue weighted by Crippen LogP contribution is 2.15. The van der Waals surface area contributed by atoms with Crippen molar-refractivity contribution in [2.75, 3.05) is 18.0 Å². The number of rotatable bonds is 5. The van der Waals surface area contributed by atoms with Crippen LogP contribution in [0.1, 0.15) is 20.8 Å². The van der Waals surface area contributed by atoms with Crippen molar-refractivity contribution < 1.29 is 9.59 Å². The normalized spacial score (nSPS) is 11.5. The molecule has 1 aromatic carbocycles. The number of hydrogen-bond acceptors (Lipinski definition) is 3. The summed E-state index contributed by atoms with van der Waals surface area (Å²) in [5, 5.41) is 4.87. The number of amides is 3. The molecule has 5 heteroatoms. The lowest BCUT2D eigenvalue weighted by molar-refractivity contribution is -0.121. The molecule has 1 unspecified atom stereocenters. The van der Waals surface area contributed by atoms with E-state index >= 15 is 0 Å². The van der Waals surface area contributed by atoms with E-state index in [9.17, 15) is 9.59 Å². The molecule has 0 bridgehead atoms. The van der Waals surface area contributed by atoms with E-state index in [0.29, 0.717) is 13.1 Å². The fourth-order valence-corrected chi connectivity index (χ4v) is 1.86. The van der Waals surface area contributed by atoms with Crippen molar-refractivity contribution in [2.24, 2.45) is 0 Å². The van der Waals surface area contributed by atoms with E-state index in [1.165, 1.54) is 0 Å². The first-order valence-corrected chi connectivity index (χ1v) is 6.50. The molecule has 3 amide bonds. The maximum Gasteiger partial charge on any atom is 0.321 e. The van der Waals surface area contributed by atoms with Gasteiger partial charge in [0.2, 0.25) is 5.91 Å². The number of benzene rings is 1. The van der Waals surface area contributed by atoms with Gasteiger partial charge in [-0.3, -0.25) is 10.1 Å². The van der Waals surface area contributed by atoms with Crippen LogP contribution >= 0.6 is 0 Å². The molecule has 2 N–H and O–H groups in total. The maximum absolute atomic E-state index is 12.0. The number of nitrogens with zero attached hydrogens (tertiary/aromatic N) is 1. The van der Waals surface area contributed by atoms with Crippen molar-refractivity contribution in [1.29, 1.82) is 0 Å². The third-order valence-corrected chi connectivity index (χ3v) is 2.85. The third-order valence-electron chi connectivity index (χ3n) is 2.85. The smallest absolute Gasteiger partial charge is 0.321 e. The summed E-state index contributed by atoms with van der Waals surface area (Å²) < 4.78 is 0. The van der Waals surface area contributed by atoms with Crippen LogP contribution in [-0.4, -0.2) is 31.1 Å². The number of anilines is 1. The van der Waals surface area contributed by atoms with Crippen molar-refractivity contribution in [3.63, 3.8) is 0 Å². The van der Waals surface area contributed by atoms with Crippen molar-refractivity contribution >= 4 is 17.6 Å². The Morgan fingerprint density at radius 1 is 1.21 bits per heavy atom. The lowest BCUT2D eigenvalue weighted by Gasteiger charge is -2.29. The second-order valence-corrected chi connectivity index (χ2v) is 4.15. The van der Waals surface area contributed by atoms with Gasteiger partial charge in [-0.2, -0.15) is 0 Å². The molecule has 0 aliphatic heterocycles. The number of urea groups is 1. The number of carbonyl (C=O) groups excluding carboxylic acids is 2. The number of carbonyl (C=O) groups is 2. The number of imide groups is 1. The van der Waals surface area contributed by atoms with Crippen LogP contribution in [0.5, 0.6) is 0 Å². The van der Waals surface area contributed by atoms with Gasteiger partial charge >= 0.3 is 6.03 Å². The molecule has 0 radical (unpaired) electrons. The zero-order valence-corrected chi connectivity index (χ0v) is 11.6. The standard InChI is InChI=1S/C14H21N3O2/c1-4-15-14(19)16-13(18)11(3)17(5-2)12-9-7-6-8-10-12/h6-11H,4-5H2,1-3H3,(H2,15,16,18,19). The highest BCUT2D eigenvalue weighted by Gasteiger charge is 2.21.